The summed E-state index contributed by atoms with van der Waals surface area (Å²) in [5.41, 5.74) is 8.93. The van der Waals surface area contributed by atoms with Crippen molar-refractivity contribution in [3.8, 4) is 0 Å². The highest BCUT2D eigenvalue weighted by atomic mass is 79.9. The van der Waals surface area contributed by atoms with Crippen LogP contribution in [0.25, 0.3) is 0 Å². The first-order valence-electron chi connectivity index (χ1n) is 6.13. The summed E-state index contributed by atoms with van der Waals surface area (Å²) in [7, 11) is 0. The second-order valence-electron chi connectivity index (χ2n) is 4.16. The van der Waals surface area contributed by atoms with Crippen molar-refractivity contribution in [3.63, 3.8) is 0 Å². The van der Waals surface area contributed by atoms with Gasteiger partial charge in [-0.05, 0) is 42.3 Å². The molecule has 2 rings (SSSR count). The van der Waals surface area contributed by atoms with Crippen molar-refractivity contribution < 1.29 is 0 Å². The zero-order valence-electron chi connectivity index (χ0n) is 11.1. The lowest BCUT2D eigenvalue weighted by molar-refractivity contribution is 1.14. The maximum atomic E-state index is 5.90. The van der Waals surface area contributed by atoms with Crippen molar-refractivity contribution >= 4 is 45.7 Å². The summed E-state index contributed by atoms with van der Waals surface area (Å²) >= 11 is 3.41. The van der Waals surface area contributed by atoms with E-state index >= 15 is 0 Å². The van der Waals surface area contributed by atoms with Crippen molar-refractivity contribution in [1.29, 1.82) is 0 Å². The molecule has 0 unspecified atom stereocenters. The molecule has 0 aliphatic heterocycles. The summed E-state index contributed by atoms with van der Waals surface area (Å²) in [6, 6.07) is 15.8. The van der Waals surface area contributed by atoms with Crippen LogP contribution < -0.4 is 11.1 Å². The normalized spacial score (nSPS) is 10.8. The lowest BCUT2D eigenvalue weighted by Crippen LogP contribution is -2.21. The van der Waals surface area contributed by atoms with Crippen LogP contribution >= 0.6 is 28.3 Å². The Hall–Kier alpha value is -1.52. The van der Waals surface area contributed by atoms with Crippen LogP contribution in [0, 0.1) is 0 Å². The minimum atomic E-state index is 0. The first-order valence-corrected chi connectivity index (χ1v) is 6.92. The first-order chi connectivity index (χ1) is 9.17. The van der Waals surface area contributed by atoms with Crippen LogP contribution in [-0.4, -0.2) is 5.96 Å². The number of aryl methyl sites for hydroxylation is 1. The fourth-order valence-electron chi connectivity index (χ4n) is 1.73. The van der Waals surface area contributed by atoms with Crippen molar-refractivity contribution in [2.75, 3.05) is 5.32 Å². The van der Waals surface area contributed by atoms with Crippen LogP contribution in [0.15, 0.2) is 58.0 Å². The van der Waals surface area contributed by atoms with Crippen LogP contribution in [0.5, 0.6) is 0 Å². The van der Waals surface area contributed by atoms with Gasteiger partial charge in [-0.15, -0.1) is 12.4 Å². The molecule has 5 heteroatoms. The predicted octanol–water partition coefficient (Wildman–Crippen LogP) is 4.49. The average molecular weight is 355 g/mol. The van der Waals surface area contributed by atoms with Gasteiger partial charge in [0, 0.05) is 10.2 Å². The highest BCUT2D eigenvalue weighted by molar-refractivity contribution is 9.10. The molecule has 0 saturated carbocycles. The largest absolute Gasteiger partial charge is 0.369 e. The molecule has 0 heterocycles. The van der Waals surface area contributed by atoms with E-state index in [0.717, 1.165) is 22.3 Å². The summed E-state index contributed by atoms with van der Waals surface area (Å²) in [5, 5.41) is 3.10. The zero-order valence-corrected chi connectivity index (χ0v) is 13.5. The van der Waals surface area contributed by atoms with Gasteiger partial charge in [0.25, 0.3) is 0 Å². The lowest BCUT2D eigenvalue weighted by Gasteiger charge is -2.07. The molecule has 0 saturated heterocycles. The molecular formula is C15H17BrClN3. The van der Waals surface area contributed by atoms with E-state index in [-0.39, 0.29) is 12.4 Å². The van der Waals surface area contributed by atoms with E-state index in [1.54, 1.807) is 0 Å². The van der Waals surface area contributed by atoms with Gasteiger partial charge in [-0.3, -0.25) is 0 Å². The Kier molecular flexibility index (Phi) is 6.55. The molecule has 2 aromatic carbocycles. The molecule has 0 bridgehead atoms. The predicted molar refractivity (Wildman–Crippen MR) is 92.1 cm³/mol. The Morgan fingerprint density at radius 1 is 1.20 bits per heavy atom. The third kappa shape index (κ3) is 4.87. The fourth-order valence-corrected chi connectivity index (χ4v) is 2.12. The first kappa shape index (κ1) is 16.5. The molecule has 0 aliphatic carbocycles. The van der Waals surface area contributed by atoms with Crippen LogP contribution in [0.4, 0.5) is 11.4 Å². The third-order valence-corrected chi connectivity index (χ3v) is 3.16. The van der Waals surface area contributed by atoms with Gasteiger partial charge in [-0.1, -0.05) is 41.1 Å². The average Bonchev–Trinajstić information content (AvgIpc) is 2.38. The Labute approximate surface area is 133 Å². The number of nitrogens with zero attached hydrogens (tertiary/aromatic N) is 1. The number of hydrogen-bond acceptors (Lipinski definition) is 1. The quantitative estimate of drug-likeness (QED) is 0.630. The highest BCUT2D eigenvalue weighted by Crippen LogP contribution is 2.18. The number of hydrogen-bond donors (Lipinski definition) is 2. The molecule has 106 valence electrons. The fraction of sp³-hybridized carbons (Fsp3) is 0.133. The number of guanidine groups is 1. The molecule has 0 spiro atoms. The second-order valence-corrected chi connectivity index (χ2v) is 5.07. The van der Waals surface area contributed by atoms with E-state index in [4.69, 9.17) is 5.73 Å². The van der Waals surface area contributed by atoms with Crippen molar-refractivity contribution in [2.24, 2.45) is 10.7 Å². The second kappa shape index (κ2) is 7.92. The minimum absolute atomic E-state index is 0. The SMILES string of the molecule is CCc1cccc(NC(N)=Nc2cccc(Br)c2)c1.Cl. The Bertz CT molecular complexity index is 599. The molecule has 0 radical (unpaired) electrons. The van der Waals surface area contributed by atoms with E-state index < -0.39 is 0 Å². The van der Waals surface area contributed by atoms with Gasteiger partial charge in [-0.2, -0.15) is 0 Å². The van der Waals surface area contributed by atoms with E-state index in [9.17, 15) is 0 Å². The van der Waals surface area contributed by atoms with Gasteiger partial charge in [0.05, 0.1) is 5.69 Å². The van der Waals surface area contributed by atoms with Crippen molar-refractivity contribution in [2.45, 2.75) is 13.3 Å². The van der Waals surface area contributed by atoms with E-state index in [1.165, 1.54) is 5.56 Å². The smallest absolute Gasteiger partial charge is 0.198 e. The van der Waals surface area contributed by atoms with Crippen molar-refractivity contribution in [1.82, 2.24) is 0 Å². The number of benzene rings is 2. The van der Waals surface area contributed by atoms with Crippen LogP contribution in [0.3, 0.4) is 0 Å². The summed E-state index contributed by atoms with van der Waals surface area (Å²) in [6.07, 6.45) is 0.998. The maximum absolute atomic E-state index is 5.90. The molecule has 0 aliphatic rings. The topological polar surface area (TPSA) is 50.4 Å². The highest BCUT2D eigenvalue weighted by Gasteiger charge is 1.98. The summed E-state index contributed by atoms with van der Waals surface area (Å²) in [5.74, 6) is 0.381. The zero-order chi connectivity index (χ0) is 13.7. The van der Waals surface area contributed by atoms with E-state index in [1.807, 2.05) is 36.4 Å². The molecule has 0 atom stereocenters. The molecule has 0 fully saturated rings. The number of aliphatic imine (C=N–C) groups is 1. The molecule has 3 nitrogen and oxygen atoms in total. The van der Waals surface area contributed by atoms with Gasteiger partial charge in [0.1, 0.15) is 0 Å². The molecular weight excluding hydrogens is 338 g/mol. The molecule has 3 N–H and O–H groups in total. The summed E-state index contributed by atoms with van der Waals surface area (Å²) in [6.45, 7) is 2.12. The molecule has 20 heavy (non-hydrogen) atoms. The number of nitrogens with one attached hydrogen (secondary N) is 1. The lowest BCUT2D eigenvalue weighted by atomic mass is 10.1. The van der Waals surface area contributed by atoms with Gasteiger partial charge in [-0.25, -0.2) is 4.99 Å². The maximum Gasteiger partial charge on any atom is 0.198 e. The monoisotopic (exact) mass is 353 g/mol. The van der Waals surface area contributed by atoms with E-state index in [2.05, 4.69) is 45.3 Å². The standard InChI is InChI=1S/C15H16BrN3.ClH/c1-2-11-5-3-7-13(9-11)18-15(17)19-14-8-4-6-12(16)10-14;/h3-10H,2H2,1H3,(H3,17,18,19);1H. The third-order valence-electron chi connectivity index (χ3n) is 2.67. The van der Waals surface area contributed by atoms with Crippen LogP contribution in [0.1, 0.15) is 12.5 Å². The Morgan fingerprint density at radius 2 is 1.95 bits per heavy atom. The van der Waals surface area contributed by atoms with Crippen molar-refractivity contribution in [3.05, 3.63) is 58.6 Å². The Morgan fingerprint density at radius 3 is 2.65 bits per heavy atom. The molecule has 0 amide bonds. The van der Waals surface area contributed by atoms with Crippen LogP contribution in [-0.2, 0) is 6.42 Å². The van der Waals surface area contributed by atoms with Gasteiger partial charge in [0.2, 0.25) is 0 Å². The van der Waals surface area contributed by atoms with E-state index in [0.29, 0.717) is 5.96 Å². The van der Waals surface area contributed by atoms with Gasteiger partial charge < -0.3 is 11.1 Å². The summed E-state index contributed by atoms with van der Waals surface area (Å²) in [4.78, 5) is 4.32. The molecule has 0 aromatic heterocycles. The summed E-state index contributed by atoms with van der Waals surface area (Å²) < 4.78 is 0.981. The van der Waals surface area contributed by atoms with Gasteiger partial charge >= 0.3 is 0 Å². The number of nitrogens with two attached hydrogens (primary N) is 1. The van der Waals surface area contributed by atoms with Gasteiger partial charge in [0.15, 0.2) is 5.96 Å². The molecule has 2 aromatic rings. The van der Waals surface area contributed by atoms with Crippen LogP contribution in [0.2, 0.25) is 0 Å². The Balaban J connectivity index is 0.00000200. The minimum Gasteiger partial charge on any atom is -0.369 e. The number of halogens is 2. The number of anilines is 1. The number of rotatable bonds is 3.